The number of carbonyl (C=O) groups excluding carboxylic acids is 1. The largest absolute Gasteiger partial charge is 0.469 e. The molecule has 1 unspecified atom stereocenters. The second-order valence-corrected chi connectivity index (χ2v) is 5.93. The lowest BCUT2D eigenvalue weighted by Gasteiger charge is -2.23. The van der Waals surface area contributed by atoms with Crippen LogP contribution in [0.4, 0.5) is 11.4 Å². The Morgan fingerprint density at radius 3 is 2.44 bits per heavy atom. The van der Waals surface area contributed by atoms with E-state index < -0.39 is 27.1 Å². The zero-order valence-corrected chi connectivity index (χ0v) is 13.4. The zero-order valence-electron chi connectivity index (χ0n) is 13.4. The van der Waals surface area contributed by atoms with Gasteiger partial charge in [0.15, 0.2) is 0 Å². The van der Waals surface area contributed by atoms with E-state index in [1.54, 1.807) is 6.26 Å². The molecule has 1 N–H and O–H groups in total. The second-order valence-electron chi connectivity index (χ2n) is 5.93. The average molecular weight is 345 g/mol. The van der Waals surface area contributed by atoms with Gasteiger partial charge < -0.3 is 9.73 Å². The maximum absolute atomic E-state index is 12.5. The van der Waals surface area contributed by atoms with Crippen molar-refractivity contribution in [2.24, 2.45) is 0 Å². The maximum atomic E-state index is 12.5. The third-order valence-electron chi connectivity index (χ3n) is 4.24. The zero-order chi connectivity index (χ0) is 18.1. The summed E-state index contributed by atoms with van der Waals surface area (Å²) in [7, 11) is 0. The Hall–Kier alpha value is -3.23. The van der Waals surface area contributed by atoms with Gasteiger partial charge in [-0.05, 0) is 25.3 Å². The van der Waals surface area contributed by atoms with Crippen molar-refractivity contribution in [3.63, 3.8) is 0 Å². The Morgan fingerprint density at radius 1 is 1.20 bits per heavy atom. The summed E-state index contributed by atoms with van der Waals surface area (Å²) in [5.74, 6) is 0.226. The molecule has 0 aliphatic heterocycles. The number of hydrogen-bond acceptors (Lipinski definition) is 6. The van der Waals surface area contributed by atoms with E-state index in [0.717, 1.165) is 47.9 Å². The van der Waals surface area contributed by atoms with Gasteiger partial charge in [0.2, 0.25) is 0 Å². The van der Waals surface area contributed by atoms with E-state index in [2.05, 4.69) is 5.32 Å². The van der Waals surface area contributed by atoms with Crippen LogP contribution in [0.3, 0.4) is 0 Å². The fourth-order valence-electron chi connectivity index (χ4n) is 3.10. The predicted octanol–water partition coefficient (Wildman–Crippen LogP) is 3.21. The van der Waals surface area contributed by atoms with E-state index >= 15 is 0 Å². The summed E-state index contributed by atoms with van der Waals surface area (Å²) in [6.45, 7) is 1.88. The molecular formula is C16H15N3O6. The van der Waals surface area contributed by atoms with Crippen LogP contribution in [-0.2, 0) is 6.42 Å². The molecule has 9 heteroatoms. The molecule has 1 aromatic carbocycles. The van der Waals surface area contributed by atoms with Crippen LogP contribution < -0.4 is 5.32 Å². The number of carbonyl (C=O) groups is 1. The molecule has 0 radical (unpaired) electrons. The van der Waals surface area contributed by atoms with E-state index in [4.69, 9.17) is 4.42 Å². The number of hydrogen-bond donors (Lipinski definition) is 1. The van der Waals surface area contributed by atoms with Gasteiger partial charge in [-0.2, -0.15) is 0 Å². The van der Waals surface area contributed by atoms with Gasteiger partial charge in [0, 0.05) is 24.1 Å². The third kappa shape index (κ3) is 3.21. The van der Waals surface area contributed by atoms with Crippen molar-refractivity contribution >= 4 is 17.3 Å². The predicted molar refractivity (Wildman–Crippen MR) is 86.3 cm³/mol. The number of nitro benzene ring substituents is 2. The highest BCUT2D eigenvalue weighted by Crippen LogP contribution is 2.34. The molecule has 0 bridgehead atoms. The van der Waals surface area contributed by atoms with E-state index in [-0.39, 0.29) is 11.6 Å². The third-order valence-corrected chi connectivity index (χ3v) is 4.24. The molecule has 0 spiro atoms. The van der Waals surface area contributed by atoms with Gasteiger partial charge in [0.1, 0.15) is 5.76 Å². The Kier molecular flexibility index (Phi) is 4.22. The monoisotopic (exact) mass is 345 g/mol. The quantitative estimate of drug-likeness (QED) is 0.669. The Balaban J connectivity index is 1.91. The van der Waals surface area contributed by atoms with E-state index in [9.17, 15) is 25.0 Å². The fraction of sp³-hybridized carbons (Fsp3) is 0.312. The number of nitro groups is 2. The number of nitrogens with one attached hydrogen (secondary N) is 1. The lowest BCUT2D eigenvalue weighted by atomic mass is 9.90. The van der Waals surface area contributed by atoms with Crippen molar-refractivity contribution in [2.45, 2.75) is 32.2 Å². The molecule has 0 fully saturated rings. The summed E-state index contributed by atoms with van der Waals surface area (Å²) in [6, 6.07) is 2.62. The first-order chi connectivity index (χ1) is 11.9. The molecule has 1 atom stereocenters. The van der Waals surface area contributed by atoms with Crippen LogP contribution >= 0.6 is 0 Å². The smallest absolute Gasteiger partial charge is 0.277 e. The van der Waals surface area contributed by atoms with Crippen molar-refractivity contribution in [3.8, 4) is 0 Å². The molecular weight excluding hydrogens is 330 g/mol. The number of nitrogens with zero attached hydrogens (tertiary/aromatic N) is 2. The SMILES string of the molecule is Cc1coc2c1C(NC(=O)c1cc([N+](=O)[O-])cc([N+](=O)[O-])c1)CCC2. The summed E-state index contributed by atoms with van der Waals surface area (Å²) in [5.41, 5.74) is 0.727. The highest BCUT2D eigenvalue weighted by Gasteiger charge is 2.28. The summed E-state index contributed by atoms with van der Waals surface area (Å²) < 4.78 is 5.48. The Labute approximate surface area is 141 Å². The molecule has 1 aromatic heterocycles. The molecule has 1 amide bonds. The van der Waals surface area contributed by atoms with Gasteiger partial charge in [-0.25, -0.2) is 0 Å². The molecule has 130 valence electrons. The summed E-state index contributed by atoms with van der Waals surface area (Å²) in [6.07, 6.45) is 3.96. The molecule has 25 heavy (non-hydrogen) atoms. The van der Waals surface area contributed by atoms with E-state index in [1.165, 1.54) is 0 Å². The molecule has 1 aliphatic carbocycles. The number of amides is 1. The van der Waals surface area contributed by atoms with Gasteiger partial charge in [0.05, 0.1) is 33.8 Å². The molecule has 2 aromatic rings. The van der Waals surface area contributed by atoms with Crippen LogP contribution in [0.1, 0.15) is 46.1 Å². The first kappa shape index (κ1) is 16.6. The van der Waals surface area contributed by atoms with Gasteiger partial charge in [0.25, 0.3) is 17.3 Å². The van der Waals surface area contributed by atoms with Crippen molar-refractivity contribution in [3.05, 3.63) is 67.1 Å². The van der Waals surface area contributed by atoms with Gasteiger partial charge in [-0.3, -0.25) is 25.0 Å². The average Bonchev–Trinajstić information content (AvgIpc) is 2.96. The van der Waals surface area contributed by atoms with E-state index in [0.29, 0.717) is 6.42 Å². The topological polar surface area (TPSA) is 129 Å². The van der Waals surface area contributed by atoms with Crippen LogP contribution in [0.25, 0.3) is 0 Å². The molecule has 0 saturated heterocycles. The first-order valence-corrected chi connectivity index (χ1v) is 7.68. The number of furan rings is 1. The first-order valence-electron chi connectivity index (χ1n) is 7.68. The molecule has 9 nitrogen and oxygen atoms in total. The van der Waals surface area contributed by atoms with Crippen LogP contribution in [0.15, 0.2) is 28.9 Å². The highest BCUT2D eigenvalue weighted by molar-refractivity contribution is 5.95. The van der Waals surface area contributed by atoms with Crippen molar-refractivity contribution in [1.29, 1.82) is 0 Å². The van der Waals surface area contributed by atoms with Crippen LogP contribution in [-0.4, -0.2) is 15.8 Å². The fourth-order valence-corrected chi connectivity index (χ4v) is 3.10. The van der Waals surface area contributed by atoms with Gasteiger partial charge in [-0.15, -0.1) is 0 Å². The van der Waals surface area contributed by atoms with Gasteiger partial charge >= 0.3 is 0 Å². The van der Waals surface area contributed by atoms with Crippen molar-refractivity contribution in [2.75, 3.05) is 0 Å². The van der Waals surface area contributed by atoms with Crippen molar-refractivity contribution < 1.29 is 19.1 Å². The number of benzene rings is 1. The normalized spacial score (nSPS) is 16.1. The molecule has 1 aliphatic rings. The summed E-state index contributed by atoms with van der Waals surface area (Å²) >= 11 is 0. The number of non-ortho nitro benzene ring substituents is 2. The molecule has 3 rings (SSSR count). The number of aryl methyl sites for hydroxylation is 2. The molecule has 1 heterocycles. The maximum Gasteiger partial charge on any atom is 0.277 e. The van der Waals surface area contributed by atoms with Crippen LogP contribution in [0.5, 0.6) is 0 Å². The van der Waals surface area contributed by atoms with Crippen molar-refractivity contribution in [1.82, 2.24) is 5.32 Å². The van der Waals surface area contributed by atoms with Crippen LogP contribution in [0, 0.1) is 27.2 Å². The van der Waals surface area contributed by atoms with E-state index in [1.807, 2.05) is 6.92 Å². The summed E-state index contributed by atoms with van der Waals surface area (Å²) in [4.78, 5) is 32.9. The minimum absolute atomic E-state index is 0.117. The standard InChI is InChI=1S/C16H15N3O6/c1-9-8-25-14-4-2-3-13(15(9)14)17-16(20)10-5-11(18(21)22)7-12(6-10)19(23)24/h5-8,13H,2-4H2,1H3,(H,17,20). The minimum atomic E-state index is -0.761. The number of rotatable bonds is 4. The van der Waals surface area contributed by atoms with Gasteiger partial charge in [-0.1, -0.05) is 0 Å². The lowest BCUT2D eigenvalue weighted by Crippen LogP contribution is -2.31. The summed E-state index contributed by atoms with van der Waals surface area (Å²) in [5, 5.41) is 24.7. The second kappa shape index (κ2) is 6.34. The molecule has 0 saturated carbocycles. The Bertz CT molecular complexity index is 841. The lowest BCUT2D eigenvalue weighted by molar-refractivity contribution is -0.394. The Morgan fingerprint density at radius 2 is 1.84 bits per heavy atom. The minimum Gasteiger partial charge on any atom is -0.469 e. The number of fused-ring (bicyclic) bond motifs is 1. The van der Waals surface area contributed by atoms with Crippen LogP contribution in [0.2, 0.25) is 0 Å². The highest BCUT2D eigenvalue weighted by atomic mass is 16.6.